The SMILES string of the molecule is CCC1CC(CC)C(C(=O)OC2CCOC2=O)C1C(=O)O. The molecule has 2 rings (SSSR count). The van der Waals surface area contributed by atoms with Crippen LogP contribution < -0.4 is 0 Å². The molecule has 1 N–H and O–H groups in total. The Morgan fingerprint density at radius 3 is 2.33 bits per heavy atom. The predicted molar refractivity (Wildman–Crippen MR) is 72.3 cm³/mol. The van der Waals surface area contributed by atoms with Crippen LogP contribution in [-0.2, 0) is 23.9 Å². The van der Waals surface area contributed by atoms with Crippen molar-refractivity contribution < 1.29 is 29.0 Å². The highest BCUT2D eigenvalue weighted by Crippen LogP contribution is 2.45. The van der Waals surface area contributed by atoms with Crippen LogP contribution in [0.5, 0.6) is 0 Å². The molecule has 1 aliphatic heterocycles. The van der Waals surface area contributed by atoms with Gasteiger partial charge in [-0.2, -0.15) is 0 Å². The van der Waals surface area contributed by atoms with Crippen molar-refractivity contribution in [3.63, 3.8) is 0 Å². The molecule has 118 valence electrons. The molecule has 1 aliphatic carbocycles. The second kappa shape index (κ2) is 6.45. The Bertz CT molecular complexity index is 432. The third-order valence-electron chi connectivity index (χ3n) is 4.76. The fourth-order valence-electron chi connectivity index (χ4n) is 3.61. The van der Waals surface area contributed by atoms with E-state index in [1.54, 1.807) is 0 Å². The van der Waals surface area contributed by atoms with Crippen LogP contribution in [0.15, 0.2) is 0 Å². The van der Waals surface area contributed by atoms with Crippen LogP contribution in [0, 0.1) is 23.7 Å². The third kappa shape index (κ3) is 3.04. The zero-order valence-corrected chi connectivity index (χ0v) is 12.4. The third-order valence-corrected chi connectivity index (χ3v) is 4.76. The Morgan fingerprint density at radius 1 is 1.24 bits per heavy atom. The molecule has 2 fully saturated rings. The minimum Gasteiger partial charge on any atom is -0.481 e. The van der Waals surface area contributed by atoms with E-state index in [0.29, 0.717) is 6.42 Å². The van der Waals surface area contributed by atoms with Crippen LogP contribution in [0.25, 0.3) is 0 Å². The summed E-state index contributed by atoms with van der Waals surface area (Å²) in [6.07, 6.45) is 1.66. The maximum atomic E-state index is 12.4. The molecule has 6 nitrogen and oxygen atoms in total. The van der Waals surface area contributed by atoms with Gasteiger partial charge < -0.3 is 14.6 Å². The van der Waals surface area contributed by atoms with Crippen molar-refractivity contribution in [1.82, 2.24) is 0 Å². The molecule has 5 atom stereocenters. The number of hydrogen-bond donors (Lipinski definition) is 1. The van der Waals surface area contributed by atoms with Gasteiger partial charge in [0.2, 0.25) is 6.10 Å². The standard InChI is InChI=1S/C15H22O6/c1-3-8-7-9(4-2)12(11(8)13(16)17)15(19)21-10-5-6-20-14(10)18/h8-12H,3-7H2,1-2H3,(H,16,17). The average Bonchev–Trinajstić information content (AvgIpc) is 3.02. The van der Waals surface area contributed by atoms with Gasteiger partial charge in [-0.05, 0) is 18.3 Å². The highest BCUT2D eigenvalue weighted by atomic mass is 16.6. The first-order chi connectivity index (χ1) is 9.99. The molecule has 0 aromatic rings. The molecule has 1 heterocycles. The molecule has 2 aliphatic rings. The van der Waals surface area contributed by atoms with E-state index in [1.807, 2.05) is 13.8 Å². The number of aliphatic carboxylic acids is 1. The lowest BCUT2D eigenvalue weighted by Gasteiger charge is -2.22. The number of rotatable bonds is 5. The molecule has 0 radical (unpaired) electrons. The van der Waals surface area contributed by atoms with E-state index >= 15 is 0 Å². The number of cyclic esters (lactones) is 1. The zero-order valence-electron chi connectivity index (χ0n) is 12.4. The minimum atomic E-state index is -0.950. The maximum absolute atomic E-state index is 12.4. The van der Waals surface area contributed by atoms with Crippen molar-refractivity contribution in [3.8, 4) is 0 Å². The number of carbonyl (C=O) groups is 3. The Hall–Kier alpha value is -1.59. The number of carboxylic acids is 1. The largest absolute Gasteiger partial charge is 0.481 e. The second-order valence-corrected chi connectivity index (χ2v) is 5.84. The normalized spacial score (nSPS) is 35.5. The lowest BCUT2D eigenvalue weighted by molar-refractivity contribution is -0.168. The van der Waals surface area contributed by atoms with Gasteiger partial charge in [0.15, 0.2) is 0 Å². The van der Waals surface area contributed by atoms with Gasteiger partial charge in [-0.1, -0.05) is 26.7 Å². The average molecular weight is 298 g/mol. The number of carbonyl (C=O) groups excluding carboxylic acids is 2. The van der Waals surface area contributed by atoms with Gasteiger partial charge in [-0.25, -0.2) is 4.79 Å². The Morgan fingerprint density at radius 2 is 1.86 bits per heavy atom. The molecule has 0 aromatic carbocycles. The first-order valence-corrected chi connectivity index (χ1v) is 7.59. The van der Waals surface area contributed by atoms with E-state index in [2.05, 4.69) is 0 Å². The number of ether oxygens (including phenoxy) is 2. The molecule has 0 aromatic heterocycles. The summed E-state index contributed by atoms with van der Waals surface area (Å²) in [7, 11) is 0. The van der Waals surface area contributed by atoms with Gasteiger partial charge in [0.25, 0.3) is 0 Å². The smallest absolute Gasteiger partial charge is 0.347 e. The van der Waals surface area contributed by atoms with E-state index < -0.39 is 35.8 Å². The lowest BCUT2D eigenvalue weighted by atomic mass is 9.85. The van der Waals surface area contributed by atoms with Crippen molar-refractivity contribution in [2.75, 3.05) is 6.61 Å². The van der Waals surface area contributed by atoms with Gasteiger partial charge in [-0.3, -0.25) is 9.59 Å². The van der Waals surface area contributed by atoms with Gasteiger partial charge >= 0.3 is 17.9 Å². The highest BCUT2D eigenvalue weighted by molar-refractivity contribution is 5.85. The van der Waals surface area contributed by atoms with Gasteiger partial charge in [-0.15, -0.1) is 0 Å². The molecular formula is C15H22O6. The van der Waals surface area contributed by atoms with Crippen molar-refractivity contribution in [1.29, 1.82) is 0 Å². The topological polar surface area (TPSA) is 89.9 Å². The first kappa shape index (κ1) is 15.8. The second-order valence-electron chi connectivity index (χ2n) is 5.84. The van der Waals surface area contributed by atoms with Crippen LogP contribution in [0.4, 0.5) is 0 Å². The van der Waals surface area contributed by atoms with Crippen LogP contribution >= 0.6 is 0 Å². The monoisotopic (exact) mass is 298 g/mol. The van der Waals surface area contributed by atoms with Crippen molar-refractivity contribution in [2.45, 2.75) is 45.6 Å². The summed E-state index contributed by atoms with van der Waals surface area (Å²) in [5.74, 6) is -3.44. The van der Waals surface area contributed by atoms with Gasteiger partial charge in [0.1, 0.15) is 0 Å². The van der Waals surface area contributed by atoms with Crippen molar-refractivity contribution in [2.24, 2.45) is 23.7 Å². The molecule has 0 spiro atoms. The summed E-state index contributed by atoms with van der Waals surface area (Å²) in [6, 6.07) is 0. The van der Waals surface area contributed by atoms with Crippen molar-refractivity contribution >= 4 is 17.9 Å². The first-order valence-electron chi connectivity index (χ1n) is 7.59. The summed E-state index contributed by atoms with van der Waals surface area (Å²) in [4.78, 5) is 35.3. The van der Waals surface area contributed by atoms with Gasteiger partial charge in [0.05, 0.1) is 18.4 Å². The summed E-state index contributed by atoms with van der Waals surface area (Å²) >= 11 is 0. The Balaban J connectivity index is 2.14. The van der Waals surface area contributed by atoms with E-state index in [4.69, 9.17) is 9.47 Å². The highest BCUT2D eigenvalue weighted by Gasteiger charge is 2.50. The number of carboxylic acid groups (broad SMARTS) is 1. The quantitative estimate of drug-likeness (QED) is 0.776. The molecule has 0 bridgehead atoms. The summed E-state index contributed by atoms with van der Waals surface area (Å²) in [6.45, 7) is 4.14. The summed E-state index contributed by atoms with van der Waals surface area (Å²) < 4.78 is 10.0. The molecule has 21 heavy (non-hydrogen) atoms. The molecule has 1 saturated heterocycles. The summed E-state index contributed by atoms with van der Waals surface area (Å²) in [5, 5.41) is 9.46. The molecule has 5 unspecified atom stereocenters. The maximum Gasteiger partial charge on any atom is 0.347 e. The molecule has 0 amide bonds. The van der Waals surface area contributed by atoms with Crippen molar-refractivity contribution in [3.05, 3.63) is 0 Å². The van der Waals surface area contributed by atoms with E-state index in [-0.39, 0.29) is 18.4 Å². The molecule has 6 heteroatoms. The Kier molecular flexibility index (Phi) is 4.85. The lowest BCUT2D eigenvalue weighted by Crippen LogP contribution is -2.36. The number of esters is 2. The van der Waals surface area contributed by atoms with Crippen LogP contribution in [0.2, 0.25) is 0 Å². The fourth-order valence-corrected chi connectivity index (χ4v) is 3.61. The van der Waals surface area contributed by atoms with E-state index in [0.717, 1.165) is 19.3 Å². The van der Waals surface area contributed by atoms with Crippen LogP contribution in [-0.4, -0.2) is 35.7 Å². The minimum absolute atomic E-state index is 0.000901. The van der Waals surface area contributed by atoms with E-state index in [1.165, 1.54) is 0 Å². The Labute approximate surface area is 123 Å². The molecule has 1 saturated carbocycles. The number of hydrogen-bond acceptors (Lipinski definition) is 5. The van der Waals surface area contributed by atoms with Gasteiger partial charge in [0, 0.05) is 6.42 Å². The fraction of sp³-hybridized carbons (Fsp3) is 0.800. The van der Waals surface area contributed by atoms with Crippen LogP contribution in [0.3, 0.4) is 0 Å². The molecular weight excluding hydrogens is 276 g/mol. The predicted octanol–water partition coefficient (Wildman–Crippen LogP) is 1.62. The van der Waals surface area contributed by atoms with E-state index in [9.17, 15) is 19.5 Å². The zero-order chi connectivity index (χ0) is 15.6. The summed E-state index contributed by atoms with van der Waals surface area (Å²) in [5.41, 5.74) is 0. The van der Waals surface area contributed by atoms with Crippen LogP contribution in [0.1, 0.15) is 39.5 Å².